The fourth-order valence-electron chi connectivity index (χ4n) is 1.79. The van der Waals surface area contributed by atoms with Crippen molar-refractivity contribution in [3.63, 3.8) is 0 Å². The molecule has 0 heterocycles. The van der Waals surface area contributed by atoms with Gasteiger partial charge in [0.1, 0.15) is 0 Å². The maximum Gasteiger partial charge on any atom is 0.331 e. The standard InChI is InChI=1S/C14H19NO4S/c1-4-15(5-2)20(18,19)13-8-6-7-12(10-13)9-11(3)14(16)17/h6-10H,4-5H2,1-3H3,(H,16,17). The largest absolute Gasteiger partial charge is 0.478 e. The number of carboxylic acid groups (broad SMARTS) is 1. The topological polar surface area (TPSA) is 74.7 Å². The van der Waals surface area contributed by atoms with E-state index in [1.165, 1.54) is 29.4 Å². The molecular formula is C14H19NO4S. The summed E-state index contributed by atoms with van der Waals surface area (Å²) in [6.45, 7) is 5.81. The SMILES string of the molecule is CCN(CC)S(=O)(=O)c1cccc(C=C(C)C(=O)O)c1. The first kappa shape index (κ1) is 16.4. The molecule has 0 amide bonds. The molecule has 1 rings (SSSR count). The lowest BCUT2D eigenvalue weighted by atomic mass is 10.1. The van der Waals surface area contributed by atoms with Gasteiger partial charge >= 0.3 is 5.97 Å². The van der Waals surface area contributed by atoms with Crippen molar-refractivity contribution in [1.29, 1.82) is 0 Å². The molecule has 1 aromatic rings. The second-order valence-electron chi connectivity index (χ2n) is 4.29. The number of hydrogen-bond donors (Lipinski definition) is 1. The highest BCUT2D eigenvalue weighted by Gasteiger charge is 2.21. The molecular weight excluding hydrogens is 278 g/mol. The fraction of sp³-hybridized carbons (Fsp3) is 0.357. The molecule has 1 N–H and O–H groups in total. The minimum atomic E-state index is -3.52. The van der Waals surface area contributed by atoms with E-state index in [0.29, 0.717) is 18.7 Å². The lowest BCUT2D eigenvalue weighted by molar-refractivity contribution is -0.132. The number of hydrogen-bond acceptors (Lipinski definition) is 3. The van der Waals surface area contributed by atoms with E-state index in [1.807, 2.05) is 0 Å². The molecule has 0 bridgehead atoms. The summed E-state index contributed by atoms with van der Waals surface area (Å²) in [4.78, 5) is 11.0. The normalized spacial score (nSPS) is 12.7. The van der Waals surface area contributed by atoms with E-state index in [0.717, 1.165) is 0 Å². The number of aliphatic carboxylic acids is 1. The average Bonchev–Trinajstić information content (AvgIpc) is 2.40. The summed E-state index contributed by atoms with van der Waals surface area (Å²) in [6.07, 6.45) is 1.45. The van der Waals surface area contributed by atoms with Crippen molar-refractivity contribution in [2.45, 2.75) is 25.7 Å². The minimum absolute atomic E-state index is 0.155. The molecule has 0 saturated carbocycles. The number of carboxylic acids is 1. The Morgan fingerprint density at radius 2 is 1.90 bits per heavy atom. The van der Waals surface area contributed by atoms with E-state index in [1.54, 1.807) is 26.0 Å². The Kier molecular flexibility index (Phi) is 5.47. The zero-order valence-corrected chi connectivity index (χ0v) is 12.6. The van der Waals surface area contributed by atoms with Crippen LogP contribution in [0.4, 0.5) is 0 Å². The van der Waals surface area contributed by atoms with E-state index >= 15 is 0 Å². The molecule has 0 aliphatic rings. The Morgan fingerprint density at radius 3 is 2.40 bits per heavy atom. The van der Waals surface area contributed by atoms with Gasteiger partial charge in [0.15, 0.2) is 0 Å². The maximum atomic E-state index is 12.4. The lowest BCUT2D eigenvalue weighted by Crippen LogP contribution is -2.30. The van der Waals surface area contributed by atoms with Crippen molar-refractivity contribution >= 4 is 22.1 Å². The van der Waals surface area contributed by atoms with Crippen LogP contribution in [0.3, 0.4) is 0 Å². The fourth-order valence-corrected chi connectivity index (χ4v) is 3.30. The van der Waals surface area contributed by atoms with Gasteiger partial charge in [0.2, 0.25) is 10.0 Å². The van der Waals surface area contributed by atoms with Gasteiger partial charge in [-0.1, -0.05) is 26.0 Å². The molecule has 1 aromatic carbocycles. The van der Waals surface area contributed by atoms with Crippen LogP contribution in [0.2, 0.25) is 0 Å². The lowest BCUT2D eigenvalue weighted by Gasteiger charge is -2.18. The molecule has 0 spiro atoms. The third kappa shape index (κ3) is 3.68. The predicted molar refractivity (Wildman–Crippen MR) is 77.8 cm³/mol. The third-order valence-corrected chi connectivity index (χ3v) is 4.97. The van der Waals surface area contributed by atoms with Gasteiger partial charge in [-0.3, -0.25) is 0 Å². The first-order valence-corrected chi connectivity index (χ1v) is 7.78. The van der Waals surface area contributed by atoms with Gasteiger partial charge in [-0.15, -0.1) is 0 Å². The Balaban J connectivity index is 3.23. The van der Waals surface area contributed by atoms with Gasteiger partial charge in [-0.05, 0) is 30.7 Å². The first-order chi connectivity index (χ1) is 9.32. The van der Waals surface area contributed by atoms with Crippen molar-refractivity contribution in [2.75, 3.05) is 13.1 Å². The molecule has 0 saturated heterocycles. The Bertz CT molecular complexity index is 616. The molecule has 0 unspecified atom stereocenters. The smallest absolute Gasteiger partial charge is 0.331 e. The van der Waals surface area contributed by atoms with Crippen LogP contribution in [0, 0.1) is 0 Å². The molecule has 0 aliphatic heterocycles. The van der Waals surface area contributed by atoms with Crippen molar-refractivity contribution in [3.8, 4) is 0 Å². The van der Waals surface area contributed by atoms with Crippen LogP contribution in [0.25, 0.3) is 6.08 Å². The molecule has 110 valence electrons. The second-order valence-corrected chi connectivity index (χ2v) is 6.23. The van der Waals surface area contributed by atoms with Gasteiger partial charge in [-0.25, -0.2) is 13.2 Å². The summed E-state index contributed by atoms with van der Waals surface area (Å²) in [5, 5.41) is 8.84. The summed E-state index contributed by atoms with van der Waals surface area (Å²) in [5.74, 6) is -1.03. The highest BCUT2D eigenvalue weighted by atomic mass is 32.2. The summed E-state index contributed by atoms with van der Waals surface area (Å²) < 4.78 is 26.1. The van der Waals surface area contributed by atoms with Crippen LogP contribution < -0.4 is 0 Å². The van der Waals surface area contributed by atoms with E-state index in [4.69, 9.17) is 5.11 Å². The molecule has 0 fully saturated rings. The molecule has 20 heavy (non-hydrogen) atoms. The molecule has 5 nitrogen and oxygen atoms in total. The molecule has 0 aromatic heterocycles. The summed E-state index contributed by atoms with van der Waals surface area (Å²) in [7, 11) is -3.52. The molecule has 0 aliphatic carbocycles. The van der Waals surface area contributed by atoms with Crippen LogP contribution in [0.15, 0.2) is 34.7 Å². The van der Waals surface area contributed by atoms with Crippen molar-refractivity contribution in [3.05, 3.63) is 35.4 Å². The zero-order chi connectivity index (χ0) is 15.3. The first-order valence-electron chi connectivity index (χ1n) is 6.34. The summed E-state index contributed by atoms with van der Waals surface area (Å²) in [5.41, 5.74) is 0.709. The monoisotopic (exact) mass is 297 g/mol. The summed E-state index contributed by atoms with van der Waals surface area (Å²) >= 11 is 0. The van der Waals surface area contributed by atoms with E-state index in [9.17, 15) is 13.2 Å². The molecule has 6 heteroatoms. The predicted octanol–water partition coefficient (Wildman–Crippen LogP) is 2.21. The zero-order valence-electron chi connectivity index (χ0n) is 11.8. The Hall–Kier alpha value is -1.66. The average molecular weight is 297 g/mol. The Labute approximate surface area is 119 Å². The number of carbonyl (C=O) groups is 1. The highest BCUT2D eigenvalue weighted by molar-refractivity contribution is 7.89. The molecule has 0 radical (unpaired) electrons. The van der Waals surface area contributed by atoms with Crippen LogP contribution in [-0.4, -0.2) is 36.9 Å². The summed E-state index contributed by atoms with van der Waals surface area (Å²) in [6, 6.07) is 6.28. The maximum absolute atomic E-state index is 12.4. The minimum Gasteiger partial charge on any atom is -0.478 e. The van der Waals surface area contributed by atoms with Crippen LogP contribution in [0.1, 0.15) is 26.3 Å². The van der Waals surface area contributed by atoms with Crippen molar-refractivity contribution in [2.24, 2.45) is 0 Å². The van der Waals surface area contributed by atoms with E-state index in [2.05, 4.69) is 0 Å². The molecule has 0 atom stereocenters. The van der Waals surface area contributed by atoms with Gasteiger partial charge in [0.25, 0.3) is 0 Å². The number of rotatable bonds is 6. The van der Waals surface area contributed by atoms with Crippen LogP contribution in [0.5, 0.6) is 0 Å². The quantitative estimate of drug-likeness (QED) is 0.817. The Morgan fingerprint density at radius 1 is 1.30 bits per heavy atom. The van der Waals surface area contributed by atoms with Gasteiger partial charge in [-0.2, -0.15) is 4.31 Å². The van der Waals surface area contributed by atoms with Crippen molar-refractivity contribution in [1.82, 2.24) is 4.31 Å². The van der Waals surface area contributed by atoms with E-state index < -0.39 is 16.0 Å². The number of nitrogens with zero attached hydrogens (tertiary/aromatic N) is 1. The van der Waals surface area contributed by atoms with Gasteiger partial charge in [0.05, 0.1) is 4.90 Å². The third-order valence-electron chi connectivity index (χ3n) is 2.92. The van der Waals surface area contributed by atoms with Crippen molar-refractivity contribution < 1.29 is 18.3 Å². The highest BCUT2D eigenvalue weighted by Crippen LogP contribution is 2.18. The number of benzene rings is 1. The van der Waals surface area contributed by atoms with Crippen LogP contribution in [-0.2, 0) is 14.8 Å². The number of sulfonamides is 1. The van der Waals surface area contributed by atoms with E-state index in [-0.39, 0.29) is 10.5 Å². The van der Waals surface area contributed by atoms with Gasteiger partial charge < -0.3 is 5.11 Å². The second kappa shape index (κ2) is 6.67. The van der Waals surface area contributed by atoms with Gasteiger partial charge in [0, 0.05) is 18.7 Å². The van der Waals surface area contributed by atoms with Crippen LogP contribution >= 0.6 is 0 Å².